The van der Waals surface area contributed by atoms with E-state index in [1.165, 1.54) is 42.1 Å². The van der Waals surface area contributed by atoms with E-state index in [1.54, 1.807) is 6.20 Å². The monoisotopic (exact) mass is 307 g/mol. The molecule has 0 unspecified atom stereocenters. The van der Waals surface area contributed by atoms with E-state index >= 15 is 0 Å². The van der Waals surface area contributed by atoms with Crippen LogP contribution in [0.1, 0.15) is 10.5 Å². The van der Waals surface area contributed by atoms with Gasteiger partial charge in [-0.25, -0.2) is 9.07 Å². The van der Waals surface area contributed by atoms with Crippen molar-refractivity contribution in [2.45, 2.75) is 6.73 Å². The predicted octanol–water partition coefficient (Wildman–Crippen LogP) is 0.961. The molecule has 8 heteroatoms. The minimum Gasteiger partial charge on any atom is -0.471 e. The van der Waals surface area contributed by atoms with E-state index in [0.717, 1.165) is 0 Å². The summed E-state index contributed by atoms with van der Waals surface area (Å²) < 4.78 is 23.9. The van der Waals surface area contributed by atoms with E-state index in [4.69, 9.17) is 4.74 Å². The lowest BCUT2D eigenvalue weighted by Gasteiger charge is -2.05. The Morgan fingerprint density at radius 2 is 2.00 bits per heavy atom. The number of carbonyl (C=O) groups is 2. The second-order valence-electron chi connectivity index (χ2n) is 4.23. The van der Waals surface area contributed by atoms with Gasteiger partial charge in [0.1, 0.15) is 23.8 Å². The van der Waals surface area contributed by atoms with E-state index in [-0.39, 0.29) is 24.8 Å². The fourth-order valence-corrected chi connectivity index (χ4v) is 1.54. The Balaban J connectivity index is 1.86. The van der Waals surface area contributed by atoms with Crippen LogP contribution >= 0.6 is 0 Å². The number of nitrogens with zero attached hydrogens (tertiary/aromatic N) is 2. The number of ether oxygens (including phenoxy) is 2. The number of nitrogens with one attached hydrogen (secondary N) is 1. The van der Waals surface area contributed by atoms with Crippen molar-refractivity contribution in [3.05, 3.63) is 48.0 Å². The quantitative estimate of drug-likeness (QED) is 0.804. The smallest absolute Gasteiger partial charge is 0.325 e. The topological polar surface area (TPSA) is 82.5 Å². The average molecular weight is 307 g/mol. The largest absolute Gasteiger partial charge is 0.471 e. The third-order valence-corrected chi connectivity index (χ3v) is 2.67. The molecule has 0 radical (unpaired) electrons. The number of esters is 1. The van der Waals surface area contributed by atoms with Gasteiger partial charge in [0.15, 0.2) is 6.73 Å². The predicted molar refractivity (Wildman–Crippen MR) is 73.6 cm³/mol. The Bertz CT molecular complexity index is 654. The summed E-state index contributed by atoms with van der Waals surface area (Å²) >= 11 is 0. The highest BCUT2D eigenvalue weighted by Gasteiger charge is 2.11. The second kappa shape index (κ2) is 7.21. The van der Waals surface area contributed by atoms with Gasteiger partial charge in [-0.15, -0.1) is 0 Å². The third kappa shape index (κ3) is 4.30. The van der Waals surface area contributed by atoms with E-state index in [1.807, 2.05) is 0 Å². The lowest BCUT2D eigenvalue weighted by atomic mass is 10.3. The van der Waals surface area contributed by atoms with Crippen LogP contribution in [0.3, 0.4) is 0 Å². The molecule has 0 fully saturated rings. The molecule has 2 rings (SSSR count). The molecule has 0 aliphatic carbocycles. The maximum absolute atomic E-state index is 12.7. The second-order valence-corrected chi connectivity index (χ2v) is 4.23. The fourth-order valence-electron chi connectivity index (χ4n) is 1.54. The molecule has 0 atom stereocenters. The number of methoxy groups -OCH3 is 1. The Labute approximate surface area is 125 Å². The van der Waals surface area contributed by atoms with Gasteiger partial charge in [0, 0.05) is 6.20 Å². The summed E-state index contributed by atoms with van der Waals surface area (Å²) in [6, 6.07) is 7.03. The van der Waals surface area contributed by atoms with Crippen molar-refractivity contribution in [3.8, 4) is 5.75 Å². The molecular formula is C14H14FN3O4. The Morgan fingerprint density at radius 1 is 1.27 bits per heavy atom. The molecule has 1 heterocycles. The zero-order valence-electron chi connectivity index (χ0n) is 11.8. The van der Waals surface area contributed by atoms with Crippen LogP contribution in [0.4, 0.5) is 4.39 Å². The fraction of sp³-hybridized carbons (Fsp3) is 0.214. The maximum atomic E-state index is 12.7. The van der Waals surface area contributed by atoms with Crippen molar-refractivity contribution in [2.24, 2.45) is 0 Å². The van der Waals surface area contributed by atoms with E-state index in [9.17, 15) is 14.0 Å². The Morgan fingerprint density at radius 3 is 2.68 bits per heavy atom. The normalized spacial score (nSPS) is 10.1. The highest BCUT2D eigenvalue weighted by molar-refractivity contribution is 5.94. The van der Waals surface area contributed by atoms with Gasteiger partial charge < -0.3 is 14.8 Å². The van der Waals surface area contributed by atoms with Crippen LogP contribution in [0.2, 0.25) is 0 Å². The molecular weight excluding hydrogens is 293 g/mol. The molecule has 7 nitrogen and oxygen atoms in total. The van der Waals surface area contributed by atoms with Gasteiger partial charge in [-0.2, -0.15) is 5.10 Å². The van der Waals surface area contributed by atoms with Gasteiger partial charge in [0.2, 0.25) is 0 Å². The van der Waals surface area contributed by atoms with Crippen LogP contribution < -0.4 is 10.1 Å². The maximum Gasteiger partial charge on any atom is 0.325 e. The zero-order chi connectivity index (χ0) is 15.9. The van der Waals surface area contributed by atoms with Gasteiger partial charge in [-0.1, -0.05) is 0 Å². The molecule has 116 valence electrons. The van der Waals surface area contributed by atoms with Crippen molar-refractivity contribution in [1.82, 2.24) is 15.1 Å². The van der Waals surface area contributed by atoms with Crippen molar-refractivity contribution >= 4 is 11.9 Å². The van der Waals surface area contributed by atoms with Crippen LogP contribution in [0.25, 0.3) is 0 Å². The van der Waals surface area contributed by atoms with Crippen LogP contribution in [-0.4, -0.2) is 35.3 Å². The van der Waals surface area contributed by atoms with Crippen molar-refractivity contribution in [2.75, 3.05) is 13.7 Å². The lowest BCUT2D eigenvalue weighted by Crippen LogP contribution is -2.30. The van der Waals surface area contributed by atoms with Crippen LogP contribution in [0.5, 0.6) is 5.75 Å². The Kier molecular flexibility index (Phi) is 5.07. The summed E-state index contributed by atoms with van der Waals surface area (Å²) in [4.78, 5) is 22.6. The summed E-state index contributed by atoms with van der Waals surface area (Å²) in [5, 5.41) is 6.37. The van der Waals surface area contributed by atoms with Gasteiger partial charge in [0.05, 0.1) is 7.11 Å². The zero-order valence-corrected chi connectivity index (χ0v) is 11.8. The van der Waals surface area contributed by atoms with Gasteiger partial charge >= 0.3 is 5.97 Å². The first-order valence-electron chi connectivity index (χ1n) is 6.35. The first kappa shape index (κ1) is 15.5. The molecule has 0 spiro atoms. The highest BCUT2D eigenvalue weighted by atomic mass is 19.1. The summed E-state index contributed by atoms with van der Waals surface area (Å²) in [6.07, 6.45) is 1.55. The summed E-state index contributed by atoms with van der Waals surface area (Å²) in [5.74, 6) is -0.914. The Hall–Kier alpha value is -2.90. The number of rotatable bonds is 6. The molecule has 22 heavy (non-hydrogen) atoms. The first-order valence-corrected chi connectivity index (χ1v) is 6.35. The molecule has 0 aliphatic rings. The van der Waals surface area contributed by atoms with Gasteiger partial charge in [0.25, 0.3) is 5.91 Å². The lowest BCUT2D eigenvalue weighted by molar-refractivity contribution is -0.139. The highest BCUT2D eigenvalue weighted by Crippen LogP contribution is 2.11. The number of halogens is 1. The molecule has 0 saturated carbocycles. The molecule has 1 aromatic carbocycles. The van der Waals surface area contributed by atoms with Crippen LogP contribution in [0, 0.1) is 5.82 Å². The molecule has 0 aliphatic heterocycles. The van der Waals surface area contributed by atoms with Crippen molar-refractivity contribution < 1.29 is 23.5 Å². The van der Waals surface area contributed by atoms with Crippen molar-refractivity contribution in [3.63, 3.8) is 0 Å². The molecule has 0 bridgehead atoms. The standard InChI is InChI=1S/C14H14FN3O4/c1-21-13(19)8-16-14(20)12-6-7-18(17-12)9-22-11-4-2-10(15)3-5-11/h2-7H,8-9H2,1H3,(H,16,20). The SMILES string of the molecule is COC(=O)CNC(=O)c1ccn(COc2ccc(F)cc2)n1. The summed E-state index contributed by atoms with van der Waals surface area (Å²) in [6.45, 7) is -0.163. The van der Waals surface area contributed by atoms with Gasteiger partial charge in [-0.05, 0) is 30.3 Å². The average Bonchev–Trinajstić information content (AvgIpc) is 3.00. The van der Waals surface area contributed by atoms with Crippen molar-refractivity contribution in [1.29, 1.82) is 0 Å². The van der Waals surface area contributed by atoms with E-state index < -0.39 is 11.9 Å². The molecule has 1 aromatic heterocycles. The van der Waals surface area contributed by atoms with Gasteiger partial charge in [-0.3, -0.25) is 9.59 Å². The summed E-state index contributed by atoms with van der Waals surface area (Å²) in [7, 11) is 1.23. The number of benzene rings is 1. The molecule has 1 amide bonds. The van der Waals surface area contributed by atoms with E-state index in [2.05, 4.69) is 15.2 Å². The number of carbonyl (C=O) groups excluding carboxylic acids is 2. The van der Waals surface area contributed by atoms with E-state index in [0.29, 0.717) is 5.75 Å². The summed E-state index contributed by atoms with van der Waals surface area (Å²) in [5.41, 5.74) is 0.145. The number of hydrogen-bond acceptors (Lipinski definition) is 5. The molecule has 1 N–H and O–H groups in total. The third-order valence-electron chi connectivity index (χ3n) is 2.67. The molecule has 2 aromatic rings. The minimum atomic E-state index is -0.549. The first-order chi connectivity index (χ1) is 10.6. The van der Waals surface area contributed by atoms with Crippen LogP contribution in [0.15, 0.2) is 36.5 Å². The van der Waals surface area contributed by atoms with Crippen LogP contribution in [-0.2, 0) is 16.3 Å². The number of amides is 1. The number of aromatic nitrogens is 2. The number of hydrogen-bond donors (Lipinski definition) is 1. The molecule has 0 saturated heterocycles. The minimum absolute atomic E-state index is 0.0654.